The maximum absolute atomic E-state index is 11.9. The Labute approximate surface area is 125 Å². The van der Waals surface area contributed by atoms with Gasteiger partial charge in [0.15, 0.2) is 0 Å². The second-order valence-corrected chi connectivity index (χ2v) is 7.34. The van der Waals surface area contributed by atoms with Gasteiger partial charge in [0.1, 0.15) is 5.69 Å². The zero-order valence-corrected chi connectivity index (χ0v) is 13.3. The summed E-state index contributed by atoms with van der Waals surface area (Å²) < 4.78 is 26.6. The van der Waals surface area contributed by atoms with Gasteiger partial charge < -0.3 is 5.32 Å². The molecule has 1 aromatic rings. The molecule has 21 heavy (non-hydrogen) atoms. The lowest BCUT2D eigenvalue weighted by Gasteiger charge is -2.33. The zero-order chi connectivity index (χ0) is 15.5. The Morgan fingerprint density at radius 3 is 2.86 bits per heavy atom. The lowest BCUT2D eigenvalue weighted by Crippen LogP contribution is -2.44. The van der Waals surface area contributed by atoms with Crippen molar-refractivity contribution >= 4 is 15.9 Å². The maximum Gasteiger partial charge on any atom is 0.269 e. The quantitative estimate of drug-likeness (QED) is 0.850. The number of hydrogen-bond donors (Lipinski definition) is 1. The lowest BCUT2D eigenvalue weighted by atomic mass is 10.0. The van der Waals surface area contributed by atoms with E-state index in [1.54, 1.807) is 23.6 Å². The topological polar surface area (TPSA) is 84.3 Å². The molecular formula is C13H22N4O3S. The van der Waals surface area contributed by atoms with Crippen LogP contribution < -0.4 is 5.32 Å². The fourth-order valence-corrected chi connectivity index (χ4v) is 3.95. The average Bonchev–Trinajstić information content (AvgIpc) is 2.84. The number of nitrogens with one attached hydrogen (secondary N) is 1. The zero-order valence-electron chi connectivity index (χ0n) is 12.4. The van der Waals surface area contributed by atoms with Gasteiger partial charge in [0, 0.05) is 32.4 Å². The molecule has 118 valence electrons. The van der Waals surface area contributed by atoms with Crippen molar-refractivity contribution in [3.63, 3.8) is 0 Å². The van der Waals surface area contributed by atoms with Crippen LogP contribution in [0.3, 0.4) is 0 Å². The summed E-state index contributed by atoms with van der Waals surface area (Å²) in [5.74, 6) is -0.184. The standard InChI is InChI=1S/C13H22N4O3S/c1-16-12(7-9-15-16)13(18)14-8-6-11-5-3-4-10-17(11)21(2,19)20/h7,9,11H,3-6,8,10H2,1-2H3,(H,14,18). The Kier molecular flexibility index (Phi) is 5.00. The van der Waals surface area contributed by atoms with Gasteiger partial charge in [-0.05, 0) is 25.3 Å². The van der Waals surface area contributed by atoms with E-state index in [4.69, 9.17) is 0 Å². The first-order valence-electron chi connectivity index (χ1n) is 7.12. The number of amides is 1. The van der Waals surface area contributed by atoms with Crippen LogP contribution in [0.15, 0.2) is 12.3 Å². The molecule has 7 nitrogen and oxygen atoms in total. The minimum absolute atomic E-state index is 0.0133. The summed E-state index contributed by atoms with van der Waals surface area (Å²) >= 11 is 0. The summed E-state index contributed by atoms with van der Waals surface area (Å²) in [7, 11) is -1.46. The van der Waals surface area contributed by atoms with E-state index in [0.29, 0.717) is 25.2 Å². The average molecular weight is 314 g/mol. The summed E-state index contributed by atoms with van der Waals surface area (Å²) in [4.78, 5) is 11.9. The van der Waals surface area contributed by atoms with E-state index in [0.717, 1.165) is 19.3 Å². The molecule has 1 unspecified atom stereocenters. The van der Waals surface area contributed by atoms with Crippen molar-refractivity contribution in [2.75, 3.05) is 19.3 Å². The van der Waals surface area contributed by atoms with Crippen molar-refractivity contribution in [2.24, 2.45) is 7.05 Å². The predicted molar refractivity (Wildman–Crippen MR) is 79.3 cm³/mol. The van der Waals surface area contributed by atoms with Crippen molar-refractivity contribution in [2.45, 2.75) is 31.7 Å². The third-order valence-electron chi connectivity index (χ3n) is 3.82. The van der Waals surface area contributed by atoms with Crippen molar-refractivity contribution in [3.05, 3.63) is 18.0 Å². The first-order valence-corrected chi connectivity index (χ1v) is 8.97. The molecule has 1 aliphatic heterocycles. The smallest absolute Gasteiger partial charge is 0.269 e. The summed E-state index contributed by atoms with van der Waals surface area (Å²) in [6.07, 6.45) is 6.25. The molecule has 2 rings (SSSR count). The Balaban J connectivity index is 1.87. The van der Waals surface area contributed by atoms with Gasteiger partial charge in [-0.15, -0.1) is 0 Å². The van der Waals surface area contributed by atoms with E-state index in [1.165, 1.54) is 10.9 Å². The number of rotatable bonds is 5. The SMILES string of the molecule is Cn1nccc1C(=O)NCCC1CCCCN1S(C)(=O)=O. The Morgan fingerprint density at radius 1 is 1.48 bits per heavy atom. The van der Waals surface area contributed by atoms with Crippen LogP contribution in [0, 0.1) is 0 Å². The summed E-state index contributed by atoms with van der Waals surface area (Å²) in [6, 6.07) is 1.64. The molecule has 8 heteroatoms. The normalized spacial score (nSPS) is 20.4. The number of aromatic nitrogens is 2. The van der Waals surface area contributed by atoms with Gasteiger partial charge in [-0.2, -0.15) is 9.40 Å². The van der Waals surface area contributed by atoms with Crippen molar-refractivity contribution < 1.29 is 13.2 Å². The largest absolute Gasteiger partial charge is 0.351 e. The highest BCUT2D eigenvalue weighted by atomic mass is 32.2. The number of nitrogens with zero attached hydrogens (tertiary/aromatic N) is 3. The molecule has 0 aliphatic carbocycles. The van der Waals surface area contributed by atoms with Crippen LogP contribution in [-0.2, 0) is 17.1 Å². The monoisotopic (exact) mass is 314 g/mol. The minimum Gasteiger partial charge on any atom is -0.351 e. The molecule has 1 atom stereocenters. The maximum atomic E-state index is 11.9. The highest BCUT2D eigenvalue weighted by molar-refractivity contribution is 7.88. The van der Waals surface area contributed by atoms with Gasteiger partial charge in [-0.3, -0.25) is 9.48 Å². The van der Waals surface area contributed by atoms with Gasteiger partial charge in [-0.1, -0.05) is 6.42 Å². The minimum atomic E-state index is -3.17. The molecule has 1 aromatic heterocycles. The van der Waals surface area contributed by atoms with Crippen LogP contribution in [0.5, 0.6) is 0 Å². The number of carbonyl (C=O) groups excluding carboxylic acids is 1. The van der Waals surface area contributed by atoms with Gasteiger partial charge >= 0.3 is 0 Å². The fourth-order valence-electron chi connectivity index (χ4n) is 2.74. The first kappa shape index (κ1) is 16.0. The third-order valence-corrected chi connectivity index (χ3v) is 5.15. The van der Waals surface area contributed by atoms with E-state index < -0.39 is 10.0 Å². The molecule has 1 N–H and O–H groups in total. The van der Waals surface area contributed by atoms with Gasteiger partial charge in [0.2, 0.25) is 10.0 Å². The second kappa shape index (κ2) is 6.57. The molecule has 1 saturated heterocycles. The van der Waals surface area contributed by atoms with Crippen LogP contribution in [0.1, 0.15) is 36.2 Å². The van der Waals surface area contributed by atoms with Crippen LogP contribution in [0.25, 0.3) is 0 Å². The van der Waals surface area contributed by atoms with Crippen LogP contribution in [0.2, 0.25) is 0 Å². The highest BCUT2D eigenvalue weighted by Gasteiger charge is 2.28. The van der Waals surface area contributed by atoms with E-state index >= 15 is 0 Å². The van der Waals surface area contributed by atoms with Crippen molar-refractivity contribution in [1.82, 2.24) is 19.4 Å². The number of piperidine rings is 1. The molecule has 1 fully saturated rings. The predicted octanol–water partition coefficient (Wildman–Crippen LogP) is 0.354. The Hall–Kier alpha value is -1.41. The Morgan fingerprint density at radius 2 is 2.24 bits per heavy atom. The molecule has 0 bridgehead atoms. The number of carbonyl (C=O) groups is 1. The number of aryl methyl sites for hydroxylation is 1. The summed E-state index contributed by atoms with van der Waals surface area (Å²) in [5.41, 5.74) is 0.499. The summed E-state index contributed by atoms with van der Waals surface area (Å²) in [5, 5.41) is 6.77. The Bertz CT molecular complexity index is 596. The van der Waals surface area contributed by atoms with Crippen LogP contribution in [-0.4, -0.2) is 53.8 Å². The van der Waals surface area contributed by atoms with Gasteiger partial charge in [-0.25, -0.2) is 8.42 Å². The lowest BCUT2D eigenvalue weighted by molar-refractivity contribution is 0.0940. The third kappa shape index (κ3) is 4.04. The molecule has 0 aromatic carbocycles. The highest BCUT2D eigenvalue weighted by Crippen LogP contribution is 2.21. The van der Waals surface area contributed by atoms with E-state index in [1.807, 2.05) is 0 Å². The molecule has 0 radical (unpaired) electrons. The first-order chi connectivity index (χ1) is 9.89. The fraction of sp³-hybridized carbons (Fsp3) is 0.692. The van der Waals surface area contributed by atoms with E-state index in [-0.39, 0.29) is 11.9 Å². The van der Waals surface area contributed by atoms with Crippen molar-refractivity contribution in [3.8, 4) is 0 Å². The summed E-state index contributed by atoms with van der Waals surface area (Å²) in [6.45, 7) is 1.04. The van der Waals surface area contributed by atoms with Crippen LogP contribution in [0.4, 0.5) is 0 Å². The van der Waals surface area contributed by atoms with Gasteiger partial charge in [0.25, 0.3) is 5.91 Å². The molecule has 0 spiro atoms. The molecular weight excluding hydrogens is 292 g/mol. The number of sulfonamides is 1. The molecule has 2 heterocycles. The van der Waals surface area contributed by atoms with Gasteiger partial charge in [0.05, 0.1) is 6.26 Å². The van der Waals surface area contributed by atoms with E-state index in [2.05, 4.69) is 10.4 Å². The van der Waals surface area contributed by atoms with Crippen LogP contribution >= 0.6 is 0 Å². The number of hydrogen-bond acceptors (Lipinski definition) is 4. The molecule has 1 aliphatic rings. The van der Waals surface area contributed by atoms with E-state index in [9.17, 15) is 13.2 Å². The molecule has 0 saturated carbocycles. The van der Waals surface area contributed by atoms with Crippen molar-refractivity contribution in [1.29, 1.82) is 0 Å². The molecule has 1 amide bonds. The second-order valence-electron chi connectivity index (χ2n) is 5.41.